The summed E-state index contributed by atoms with van der Waals surface area (Å²) in [7, 11) is 2.15. The summed E-state index contributed by atoms with van der Waals surface area (Å²) in [5, 5.41) is 2.98. The Labute approximate surface area is 235 Å². The number of ether oxygens (including phenoxy) is 1. The summed E-state index contributed by atoms with van der Waals surface area (Å²) >= 11 is 6.68. The average Bonchev–Trinajstić information content (AvgIpc) is 3.39. The van der Waals surface area contributed by atoms with Crippen molar-refractivity contribution in [2.24, 2.45) is 5.92 Å². The molecule has 6 rings (SSSR count). The number of halogens is 1. The fourth-order valence-corrected chi connectivity index (χ4v) is 6.64. The lowest BCUT2D eigenvalue weighted by Crippen LogP contribution is -2.39. The molecule has 8 heteroatoms. The number of carbonyl (C=O) groups excluding carboxylic acids is 1. The van der Waals surface area contributed by atoms with E-state index in [0.29, 0.717) is 25.2 Å². The number of hydrogen-bond donors (Lipinski definition) is 0. The number of aromatic nitrogens is 2. The number of allylic oxidation sites excluding steroid dienone is 1. The molecule has 4 heterocycles. The van der Waals surface area contributed by atoms with Gasteiger partial charge in [0.15, 0.2) is 5.78 Å². The highest BCUT2D eigenvalue weighted by molar-refractivity contribution is 6.36. The normalized spacial score (nSPS) is 20.3. The topological polar surface area (TPSA) is 61.8 Å². The van der Waals surface area contributed by atoms with Crippen LogP contribution in [0.3, 0.4) is 0 Å². The number of rotatable bonds is 7. The number of likely N-dealkylation sites (tertiary alicyclic amines) is 1. The molecule has 0 bridgehead atoms. The Morgan fingerprint density at radius 3 is 2.62 bits per heavy atom. The summed E-state index contributed by atoms with van der Waals surface area (Å²) in [5.41, 5.74) is 3.33. The van der Waals surface area contributed by atoms with E-state index in [1.54, 1.807) is 0 Å². The minimum Gasteiger partial charge on any atom is -0.462 e. The number of fused-ring (bicyclic) bond motifs is 2. The number of benzene rings is 2. The molecule has 1 atom stereocenters. The van der Waals surface area contributed by atoms with Gasteiger partial charge >= 0.3 is 6.01 Å². The third kappa shape index (κ3) is 5.22. The van der Waals surface area contributed by atoms with Gasteiger partial charge in [-0.1, -0.05) is 42.4 Å². The summed E-state index contributed by atoms with van der Waals surface area (Å²) in [5.74, 6) is 1.17. The summed E-state index contributed by atoms with van der Waals surface area (Å²) in [4.78, 5) is 29.2. The zero-order valence-electron chi connectivity index (χ0n) is 22.6. The van der Waals surface area contributed by atoms with E-state index in [-0.39, 0.29) is 11.7 Å². The lowest BCUT2D eigenvalue weighted by molar-refractivity contribution is -0.118. The van der Waals surface area contributed by atoms with Gasteiger partial charge in [-0.05, 0) is 69.3 Å². The summed E-state index contributed by atoms with van der Waals surface area (Å²) in [6, 6.07) is 13.3. The predicted molar refractivity (Wildman–Crippen MR) is 157 cm³/mol. The van der Waals surface area contributed by atoms with E-state index in [1.807, 2.05) is 12.1 Å². The molecule has 3 aliphatic heterocycles. The standard InChI is InChI=1S/C31H36ClN5O2/c1-3-28(38)21-12-16-36(17-13-21)30-24-14-18-37(27-11-5-8-22-7-4-10-25(32)29(22)27)19-26(24)33-31(34-30)39-20-23-9-6-15-35(23)2/h3-5,7-8,10-11,21,23H,1,6,9,12-20H2,2H3. The van der Waals surface area contributed by atoms with Gasteiger partial charge < -0.3 is 19.4 Å². The van der Waals surface area contributed by atoms with Crippen LogP contribution >= 0.6 is 11.6 Å². The molecule has 2 fully saturated rings. The van der Waals surface area contributed by atoms with Gasteiger partial charge in [0.1, 0.15) is 12.4 Å². The molecule has 0 spiro atoms. The molecular formula is C31H36ClN5O2. The van der Waals surface area contributed by atoms with Gasteiger partial charge in [0.25, 0.3) is 0 Å². The zero-order valence-corrected chi connectivity index (χ0v) is 23.4. The molecule has 39 heavy (non-hydrogen) atoms. The molecule has 0 amide bonds. The molecule has 3 aromatic rings. The first-order valence-corrected chi connectivity index (χ1v) is 14.5. The van der Waals surface area contributed by atoms with E-state index >= 15 is 0 Å². The van der Waals surface area contributed by atoms with Gasteiger partial charge in [0.2, 0.25) is 0 Å². The Morgan fingerprint density at radius 1 is 1.08 bits per heavy atom. The van der Waals surface area contributed by atoms with Crippen LogP contribution in [0, 0.1) is 5.92 Å². The second-order valence-electron chi connectivity index (χ2n) is 11.0. The molecule has 1 aromatic heterocycles. The molecule has 0 radical (unpaired) electrons. The number of anilines is 2. The maximum absolute atomic E-state index is 12.2. The molecule has 1 unspecified atom stereocenters. The number of hydrogen-bond acceptors (Lipinski definition) is 7. The van der Waals surface area contributed by atoms with Crippen LogP contribution in [-0.4, -0.2) is 66.5 Å². The molecule has 0 saturated carbocycles. The molecule has 204 valence electrons. The van der Waals surface area contributed by atoms with Crippen LogP contribution < -0.4 is 14.5 Å². The third-order valence-electron chi connectivity index (χ3n) is 8.67. The van der Waals surface area contributed by atoms with Gasteiger partial charge in [-0.3, -0.25) is 4.79 Å². The van der Waals surface area contributed by atoms with Gasteiger partial charge in [0, 0.05) is 48.2 Å². The quantitative estimate of drug-likeness (QED) is 0.374. The molecule has 7 nitrogen and oxygen atoms in total. The van der Waals surface area contributed by atoms with E-state index in [9.17, 15) is 4.79 Å². The van der Waals surface area contributed by atoms with E-state index in [1.165, 1.54) is 18.1 Å². The molecule has 2 aromatic carbocycles. The van der Waals surface area contributed by atoms with Crippen molar-refractivity contribution in [3.63, 3.8) is 0 Å². The zero-order chi connectivity index (χ0) is 26.9. The largest absolute Gasteiger partial charge is 0.462 e. The third-order valence-corrected chi connectivity index (χ3v) is 8.98. The van der Waals surface area contributed by atoms with Crippen LogP contribution in [-0.2, 0) is 17.8 Å². The second-order valence-corrected chi connectivity index (χ2v) is 11.4. The smallest absolute Gasteiger partial charge is 0.318 e. The van der Waals surface area contributed by atoms with Crippen LogP contribution in [0.2, 0.25) is 5.02 Å². The van der Waals surface area contributed by atoms with Crippen LogP contribution in [0.25, 0.3) is 10.8 Å². The molecule has 0 N–H and O–H groups in total. The SMILES string of the molecule is C=CC(=O)C1CCN(c2nc(OCC3CCCN3C)nc3c2CCN(c2cccc4cccc(Cl)c24)C3)CC1. The van der Waals surface area contributed by atoms with Gasteiger partial charge in [0.05, 0.1) is 17.3 Å². The van der Waals surface area contributed by atoms with Crippen LogP contribution in [0.4, 0.5) is 11.5 Å². The van der Waals surface area contributed by atoms with Crippen molar-refractivity contribution in [3.05, 3.63) is 65.3 Å². The van der Waals surface area contributed by atoms with Crippen molar-refractivity contribution >= 4 is 39.7 Å². The van der Waals surface area contributed by atoms with E-state index in [2.05, 4.69) is 52.6 Å². The maximum atomic E-state index is 12.2. The van der Waals surface area contributed by atoms with Crippen molar-refractivity contribution in [1.82, 2.24) is 14.9 Å². The molecular weight excluding hydrogens is 510 g/mol. The lowest BCUT2D eigenvalue weighted by Gasteiger charge is -2.36. The number of likely N-dealkylation sites (N-methyl/N-ethyl adjacent to an activating group) is 1. The number of nitrogens with zero attached hydrogens (tertiary/aromatic N) is 5. The minimum atomic E-state index is 0.0524. The second kappa shape index (κ2) is 11.1. The Bertz CT molecular complexity index is 1380. The maximum Gasteiger partial charge on any atom is 0.318 e. The van der Waals surface area contributed by atoms with E-state index < -0.39 is 0 Å². The van der Waals surface area contributed by atoms with Crippen LogP contribution in [0.1, 0.15) is 36.9 Å². The highest BCUT2D eigenvalue weighted by Crippen LogP contribution is 2.37. The Hall–Kier alpha value is -3.16. The Morgan fingerprint density at radius 2 is 1.87 bits per heavy atom. The Kier molecular flexibility index (Phi) is 7.45. The lowest BCUT2D eigenvalue weighted by atomic mass is 9.92. The van der Waals surface area contributed by atoms with Crippen molar-refractivity contribution in [3.8, 4) is 6.01 Å². The molecule has 2 saturated heterocycles. The van der Waals surface area contributed by atoms with Gasteiger partial charge in [-0.2, -0.15) is 9.97 Å². The number of carbonyl (C=O) groups is 1. The summed E-state index contributed by atoms with van der Waals surface area (Å²) < 4.78 is 6.27. The van der Waals surface area contributed by atoms with Gasteiger partial charge in [-0.15, -0.1) is 0 Å². The van der Waals surface area contributed by atoms with Crippen molar-refractivity contribution in [1.29, 1.82) is 0 Å². The summed E-state index contributed by atoms with van der Waals surface area (Å²) in [6.07, 6.45) is 6.26. The van der Waals surface area contributed by atoms with Gasteiger partial charge in [-0.25, -0.2) is 0 Å². The first-order chi connectivity index (χ1) is 19.0. The first-order valence-electron chi connectivity index (χ1n) is 14.1. The van der Waals surface area contributed by atoms with E-state index in [4.69, 9.17) is 26.3 Å². The van der Waals surface area contributed by atoms with E-state index in [0.717, 1.165) is 84.9 Å². The fourth-order valence-electron chi connectivity index (χ4n) is 6.36. The number of ketones is 1. The highest BCUT2D eigenvalue weighted by Gasteiger charge is 2.30. The number of piperidine rings is 1. The van der Waals surface area contributed by atoms with Crippen molar-refractivity contribution in [2.75, 3.05) is 49.6 Å². The average molecular weight is 546 g/mol. The molecule has 3 aliphatic rings. The Balaban J connectivity index is 1.31. The predicted octanol–water partition coefficient (Wildman–Crippen LogP) is 5.29. The highest BCUT2D eigenvalue weighted by atomic mass is 35.5. The first kappa shape index (κ1) is 26.1. The minimum absolute atomic E-state index is 0.0524. The van der Waals surface area contributed by atoms with Crippen LogP contribution in [0.15, 0.2) is 49.1 Å². The van der Waals surface area contributed by atoms with Crippen LogP contribution in [0.5, 0.6) is 6.01 Å². The molecule has 0 aliphatic carbocycles. The monoisotopic (exact) mass is 545 g/mol. The summed E-state index contributed by atoms with van der Waals surface area (Å²) in [6.45, 7) is 8.48. The van der Waals surface area contributed by atoms with Crippen molar-refractivity contribution in [2.45, 2.75) is 44.7 Å². The van der Waals surface area contributed by atoms with Crippen molar-refractivity contribution < 1.29 is 9.53 Å². The fraction of sp³-hybridized carbons (Fsp3) is 0.452.